The van der Waals surface area contributed by atoms with Gasteiger partial charge in [0.25, 0.3) is 5.91 Å². The highest BCUT2D eigenvalue weighted by molar-refractivity contribution is 8.00. The van der Waals surface area contributed by atoms with Gasteiger partial charge in [-0.2, -0.15) is 0 Å². The van der Waals surface area contributed by atoms with E-state index in [-0.39, 0.29) is 22.9 Å². The van der Waals surface area contributed by atoms with Gasteiger partial charge in [0.05, 0.1) is 17.1 Å². The van der Waals surface area contributed by atoms with Gasteiger partial charge in [0.15, 0.2) is 0 Å². The van der Waals surface area contributed by atoms with Gasteiger partial charge in [0.2, 0.25) is 5.91 Å². The number of aromatic hydroxyl groups is 1. The van der Waals surface area contributed by atoms with Crippen molar-refractivity contribution in [3.63, 3.8) is 0 Å². The number of phenols is 1. The molecule has 0 aliphatic carbocycles. The highest BCUT2D eigenvalue weighted by Crippen LogP contribution is 2.44. The number of halogens is 1. The van der Waals surface area contributed by atoms with Crippen molar-refractivity contribution in [2.24, 2.45) is 0 Å². The average Bonchev–Trinajstić information content (AvgIpc) is 3.26. The zero-order chi connectivity index (χ0) is 24.4. The third-order valence-corrected chi connectivity index (χ3v) is 6.95. The number of anilines is 3. The largest absolute Gasteiger partial charge is 0.506 e. The molecule has 2 amide bonds. The van der Waals surface area contributed by atoms with Crippen LogP contribution in [0.15, 0.2) is 103 Å². The molecule has 1 unspecified atom stereocenters. The summed E-state index contributed by atoms with van der Waals surface area (Å²) in [7, 11) is 0. The Hall–Kier alpha value is -4.10. The summed E-state index contributed by atoms with van der Waals surface area (Å²) in [6.45, 7) is 0. The smallest absolute Gasteiger partial charge is 0.262 e. The van der Waals surface area contributed by atoms with Gasteiger partial charge in [-0.1, -0.05) is 48.5 Å². The van der Waals surface area contributed by atoms with Gasteiger partial charge < -0.3 is 5.11 Å². The minimum absolute atomic E-state index is 0.0359. The van der Waals surface area contributed by atoms with Crippen molar-refractivity contribution >= 4 is 40.6 Å². The molecular weight excluding hydrogens is 463 g/mol. The number of phenolic OH excluding ortho intramolecular Hbond substituents is 1. The van der Waals surface area contributed by atoms with Crippen molar-refractivity contribution in [3.05, 3.63) is 120 Å². The second kappa shape index (κ2) is 9.64. The Kier molecular flexibility index (Phi) is 6.25. The van der Waals surface area contributed by atoms with Gasteiger partial charge in [0, 0.05) is 11.3 Å². The number of rotatable bonds is 5. The van der Waals surface area contributed by atoms with Gasteiger partial charge in [0.1, 0.15) is 16.9 Å². The Morgan fingerprint density at radius 2 is 1.57 bits per heavy atom. The number of benzene rings is 4. The number of thioether (sulfide) groups is 1. The van der Waals surface area contributed by atoms with E-state index < -0.39 is 5.82 Å². The second-order valence-corrected chi connectivity index (χ2v) is 9.06. The first-order chi connectivity index (χ1) is 17.0. The standard InChI is InChI=1S/C28H21FN2O3S/c29-21-7-6-10-23(17-21)30(22-8-2-1-3-9-22)27(34)19-13-15-20(16-14-19)28-31(26(33)18-35-28)24-11-4-5-12-25(24)32/h1-17,28,32H,18H2. The van der Waals surface area contributed by atoms with Crippen LogP contribution >= 0.6 is 11.8 Å². The first-order valence-corrected chi connectivity index (χ1v) is 12.0. The Labute approximate surface area is 206 Å². The van der Waals surface area contributed by atoms with Gasteiger partial charge in [-0.3, -0.25) is 19.4 Å². The normalized spacial score (nSPS) is 15.3. The van der Waals surface area contributed by atoms with Crippen molar-refractivity contribution in [1.29, 1.82) is 0 Å². The second-order valence-electron chi connectivity index (χ2n) is 7.99. The molecule has 5 rings (SSSR count). The highest BCUT2D eigenvalue weighted by atomic mass is 32.2. The van der Waals surface area contributed by atoms with Gasteiger partial charge in [-0.05, 0) is 60.2 Å². The van der Waals surface area contributed by atoms with Crippen molar-refractivity contribution < 1.29 is 19.1 Å². The van der Waals surface area contributed by atoms with Gasteiger partial charge >= 0.3 is 0 Å². The van der Waals surface area contributed by atoms with Crippen LogP contribution in [0.5, 0.6) is 5.75 Å². The Balaban J connectivity index is 1.47. The van der Waals surface area contributed by atoms with E-state index in [9.17, 15) is 19.1 Å². The lowest BCUT2D eigenvalue weighted by molar-refractivity contribution is -0.115. The summed E-state index contributed by atoms with van der Waals surface area (Å²) in [6, 6.07) is 28.8. The van der Waals surface area contributed by atoms with Crippen LogP contribution in [0.25, 0.3) is 0 Å². The predicted molar refractivity (Wildman–Crippen MR) is 137 cm³/mol. The molecule has 1 aliphatic rings. The van der Waals surface area contributed by atoms with Crippen LogP contribution in [0, 0.1) is 5.82 Å². The Morgan fingerprint density at radius 1 is 0.886 bits per heavy atom. The van der Waals surface area contributed by atoms with E-state index in [2.05, 4.69) is 0 Å². The highest BCUT2D eigenvalue weighted by Gasteiger charge is 2.35. The predicted octanol–water partition coefficient (Wildman–Crippen LogP) is 6.29. The molecule has 1 aliphatic heterocycles. The molecule has 0 radical (unpaired) electrons. The number of para-hydroxylation sites is 3. The lowest BCUT2D eigenvalue weighted by atomic mass is 10.1. The molecule has 4 aromatic rings. The van der Waals surface area contributed by atoms with Crippen LogP contribution in [-0.2, 0) is 4.79 Å². The molecule has 0 saturated carbocycles. The monoisotopic (exact) mass is 484 g/mol. The SMILES string of the molecule is O=C(c1ccc(C2SCC(=O)N2c2ccccc2O)cc1)N(c1ccccc1)c1cccc(F)c1. The van der Waals surface area contributed by atoms with Gasteiger partial charge in [-0.25, -0.2) is 4.39 Å². The zero-order valence-corrected chi connectivity index (χ0v) is 19.4. The maximum Gasteiger partial charge on any atom is 0.262 e. The van der Waals surface area contributed by atoms with Crippen LogP contribution in [0.2, 0.25) is 0 Å². The van der Waals surface area contributed by atoms with E-state index in [0.717, 1.165) is 5.56 Å². The van der Waals surface area contributed by atoms with Crippen LogP contribution < -0.4 is 9.80 Å². The minimum atomic E-state index is -0.432. The molecule has 174 valence electrons. The van der Waals surface area contributed by atoms with E-state index in [1.54, 1.807) is 65.6 Å². The molecule has 4 aromatic carbocycles. The fourth-order valence-electron chi connectivity index (χ4n) is 4.09. The number of amides is 2. The van der Waals surface area contributed by atoms with E-state index in [0.29, 0.717) is 28.4 Å². The quantitative estimate of drug-likeness (QED) is 0.362. The Morgan fingerprint density at radius 3 is 2.29 bits per heavy atom. The van der Waals surface area contributed by atoms with E-state index in [1.165, 1.54) is 28.8 Å². The number of carbonyl (C=O) groups excluding carboxylic acids is 2. The number of hydrogen-bond acceptors (Lipinski definition) is 4. The van der Waals surface area contributed by atoms with Crippen LogP contribution in [0.4, 0.5) is 21.5 Å². The Bertz CT molecular complexity index is 1380. The van der Waals surface area contributed by atoms with Crippen LogP contribution in [0.1, 0.15) is 21.3 Å². The molecule has 1 N–H and O–H groups in total. The number of nitrogens with zero attached hydrogens (tertiary/aromatic N) is 2. The zero-order valence-electron chi connectivity index (χ0n) is 18.5. The molecule has 35 heavy (non-hydrogen) atoms. The maximum absolute atomic E-state index is 14.0. The molecule has 0 aromatic heterocycles. The van der Waals surface area contributed by atoms with E-state index in [4.69, 9.17) is 0 Å². The molecule has 1 saturated heterocycles. The van der Waals surface area contributed by atoms with E-state index in [1.807, 2.05) is 30.3 Å². The summed E-state index contributed by atoms with van der Waals surface area (Å²) in [4.78, 5) is 29.2. The molecule has 1 fully saturated rings. The molecule has 7 heteroatoms. The first kappa shape index (κ1) is 22.7. The van der Waals surface area contributed by atoms with Crippen LogP contribution in [0.3, 0.4) is 0 Å². The van der Waals surface area contributed by atoms with Crippen molar-refractivity contribution in [3.8, 4) is 5.75 Å². The topological polar surface area (TPSA) is 60.9 Å². The van der Waals surface area contributed by atoms with Crippen molar-refractivity contribution in [1.82, 2.24) is 0 Å². The van der Waals surface area contributed by atoms with Gasteiger partial charge in [-0.15, -0.1) is 11.8 Å². The van der Waals surface area contributed by atoms with Crippen molar-refractivity contribution in [2.45, 2.75) is 5.37 Å². The molecular formula is C28H21FN2O3S. The van der Waals surface area contributed by atoms with E-state index >= 15 is 0 Å². The number of carbonyl (C=O) groups is 2. The fourth-order valence-corrected chi connectivity index (χ4v) is 5.26. The molecule has 1 heterocycles. The summed E-state index contributed by atoms with van der Waals surface area (Å²) < 4.78 is 14.0. The fraction of sp³-hybridized carbons (Fsp3) is 0.0714. The number of hydrogen-bond donors (Lipinski definition) is 1. The van der Waals surface area contributed by atoms with Crippen LogP contribution in [-0.4, -0.2) is 22.7 Å². The van der Waals surface area contributed by atoms with Crippen molar-refractivity contribution in [2.75, 3.05) is 15.6 Å². The summed E-state index contributed by atoms with van der Waals surface area (Å²) in [5.74, 6) is -0.502. The molecule has 1 atom stereocenters. The lowest BCUT2D eigenvalue weighted by Gasteiger charge is -2.26. The molecule has 0 spiro atoms. The summed E-state index contributed by atoms with van der Waals surface area (Å²) >= 11 is 1.46. The lowest BCUT2D eigenvalue weighted by Crippen LogP contribution is -2.28. The summed E-state index contributed by atoms with van der Waals surface area (Å²) in [5, 5.41) is 9.96. The molecule has 5 nitrogen and oxygen atoms in total. The maximum atomic E-state index is 14.0. The third-order valence-electron chi connectivity index (χ3n) is 5.74. The molecule has 0 bridgehead atoms. The third kappa shape index (κ3) is 4.50. The average molecular weight is 485 g/mol. The summed E-state index contributed by atoms with van der Waals surface area (Å²) in [6.07, 6.45) is 0. The summed E-state index contributed by atoms with van der Waals surface area (Å²) in [5.41, 5.74) is 2.75. The minimum Gasteiger partial charge on any atom is -0.506 e. The first-order valence-electron chi connectivity index (χ1n) is 11.0.